The first-order valence-corrected chi connectivity index (χ1v) is 15.0. The molecule has 3 amide bonds. The van der Waals surface area contributed by atoms with Crippen LogP contribution in [0, 0.1) is 6.92 Å². The number of carbonyl (C=O) groups excluding carboxylic acids is 3. The van der Waals surface area contributed by atoms with E-state index in [9.17, 15) is 14.4 Å². The lowest BCUT2D eigenvalue weighted by Crippen LogP contribution is -2.49. The Labute approximate surface area is 254 Å². The average molecular weight is 590 g/mol. The third-order valence-corrected chi connectivity index (χ3v) is 8.04. The van der Waals surface area contributed by atoms with Gasteiger partial charge in [0.2, 0.25) is 5.91 Å². The van der Waals surface area contributed by atoms with Crippen molar-refractivity contribution in [1.29, 1.82) is 0 Å². The maximum atomic E-state index is 13.8. The largest absolute Gasteiger partial charge is 0.493 e. The summed E-state index contributed by atoms with van der Waals surface area (Å²) in [5, 5.41) is 0.415. The van der Waals surface area contributed by atoms with Gasteiger partial charge in [0.1, 0.15) is 11.8 Å². The first-order chi connectivity index (χ1) is 20.3. The van der Waals surface area contributed by atoms with Gasteiger partial charge < -0.3 is 19.4 Å². The van der Waals surface area contributed by atoms with Crippen molar-refractivity contribution in [1.82, 2.24) is 14.7 Å². The Morgan fingerprint density at radius 3 is 2.29 bits per heavy atom. The van der Waals surface area contributed by atoms with Crippen LogP contribution in [0.25, 0.3) is 0 Å². The molecule has 1 atom stereocenters. The van der Waals surface area contributed by atoms with Crippen LogP contribution in [0.3, 0.4) is 0 Å². The highest BCUT2D eigenvalue weighted by Crippen LogP contribution is 2.26. The summed E-state index contributed by atoms with van der Waals surface area (Å²) in [6.45, 7) is 4.05. The maximum Gasteiger partial charge on any atom is 0.258 e. The number of likely N-dealkylation sites (N-methyl/N-ethyl adjacent to an activating group) is 2. The number of amides is 3. The predicted molar refractivity (Wildman–Crippen MR) is 166 cm³/mol. The van der Waals surface area contributed by atoms with Crippen molar-refractivity contribution in [3.8, 4) is 5.75 Å². The molecular weight excluding hydrogens is 550 g/mol. The van der Waals surface area contributed by atoms with E-state index in [2.05, 4.69) is 0 Å². The smallest absolute Gasteiger partial charge is 0.258 e. The Morgan fingerprint density at radius 1 is 0.881 bits per heavy atom. The number of hydrogen-bond acceptors (Lipinski definition) is 4. The van der Waals surface area contributed by atoms with E-state index in [1.165, 1.54) is 4.90 Å². The topological polar surface area (TPSA) is 70.2 Å². The van der Waals surface area contributed by atoms with Crippen molar-refractivity contribution in [3.63, 3.8) is 0 Å². The summed E-state index contributed by atoms with van der Waals surface area (Å²) in [5.41, 5.74) is 2.94. The molecule has 0 radical (unpaired) electrons. The molecule has 3 aromatic rings. The molecule has 0 fully saturated rings. The molecule has 0 spiro atoms. The van der Waals surface area contributed by atoms with Crippen LogP contribution in [0.15, 0.2) is 72.8 Å². The molecule has 7 nitrogen and oxygen atoms in total. The number of halogens is 1. The van der Waals surface area contributed by atoms with Crippen LogP contribution in [0.5, 0.6) is 5.75 Å². The van der Waals surface area contributed by atoms with Crippen LogP contribution in [-0.4, -0.2) is 78.8 Å². The molecule has 0 unspecified atom stereocenters. The van der Waals surface area contributed by atoms with E-state index in [-0.39, 0.29) is 17.7 Å². The van der Waals surface area contributed by atoms with Crippen LogP contribution >= 0.6 is 11.6 Å². The second kappa shape index (κ2) is 14.9. The normalized spacial score (nSPS) is 17.8. The third-order valence-electron chi connectivity index (χ3n) is 7.81. The second-order valence-corrected chi connectivity index (χ2v) is 11.3. The Morgan fingerprint density at radius 2 is 1.55 bits per heavy atom. The summed E-state index contributed by atoms with van der Waals surface area (Å²) in [6, 6.07) is 21.6. The van der Waals surface area contributed by atoms with E-state index < -0.39 is 6.04 Å². The van der Waals surface area contributed by atoms with Crippen LogP contribution in [0.4, 0.5) is 0 Å². The summed E-state index contributed by atoms with van der Waals surface area (Å²) in [7, 11) is 3.44. The number of carbonyl (C=O) groups is 3. The van der Waals surface area contributed by atoms with Gasteiger partial charge in [-0.2, -0.15) is 0 Å². The van der Waals surface area contributed by atoms with Crippen molar-refractivity contribution in [3.05, 3.63) is 100 Å². The van der Waals surface area contributed by atoms with Gasteiger partial charge >= 0.3 is 0 Å². The van der Waals surface area contributed by atoms with Gasteiger partial charge in [0.15, 0.2) is 0 Å². The fraction of sp³-hybridized carbons (Fsp3) is 0.382. The van der Waals surface area contributed by atoms with Gasteiger partial charge in [-0.25, -0.2) is 0 Å². The molecule has 0 saturated heterocycles. The van der Waals surface area contributed by atoms with Gasteiger partial charge in [-0.15, -0.1) is 0 Å². The zero-order chi connectivity index (χ0) is 30.1. The van der Waals surface area contributed by atoms with Crippen LogP contribution < -0.4 is 4.74 Å². The first kappa shape index (κ1) is 31.1. The van der Waals surface area contributed by atoms with Gasteiger partial charge in [0.05, 0.1) is 12.2 Å². The molecule has 0 aromatic heterocycles. The lowest BCUT2D eigenvalue weighted by molar-refractivity contribution is -0.134. The quantitative estimate of drug-likeness (QED) is 0.382. The monoisotopic (exact) mass is 589 g/mol. The summed E-state index contributed by atoms with van der Waals surface area (Å²) < 4.78 is 6.08. The average Bonchev–Trinajstić information content (AvgIpc) is 3.00. The van der Waals surface area contributed by atoms with Crippen molar-refractivity contribution in [2.75, 3.05) is 40.3 Å². The first-order valence-electron chi connectivity index (χ1n) is 14.6. The highest BCUT2D eigenvalue weighted by atomic mass is 35.5. The number of benzene rings is 3. The van der Waals surface area contributed by atoms with E-state index >= 15 is 0 Å². The Kier molecular flexibility index (Phi) is 11.0. The molecule has 1 heterocycles. The number of fused-ring (bicyclic) bond motifs is 1. The molecule has 3 aromatic carbocycles. The SMILES string of the molecule is Cc1ccccc1C(=O)N1CCCCOc2ccc(Cl)cc2C(=O)N(C)[C@@H](Cc2ccccc2)C(=O)N(C)CCCC1. The number of nitrogens with zero attached hydrogens (tertiary/aromatic N) is 3. The van der Waals surface area contributed by atoms with Gasteiger partial charge in [-0.3, -0.25) is 14.4 Å². The van der Waals surface area contributed by atoms with E-state index in [0.717, 1.165) is 30.4 Å². The van der Waals surface area contributed by atoms with E-state index in [1.54, 1.807) is 37.2 Å². The predicted octanol–water partition coefficient (Wildman–Crippen LogP) is 5.89. The minimum Gasteiger partial charge on any atom is -0.493 e. The Hall–Kier alpha value is -3.84. The zero-order valence-corrected chi connectivity index (χ0v) is 25.5. The van der Waals surface area contributed by atoms with Gasteiger partial charge in [0, 0.05) is 50.7 Å². The molecule has 0 bridgehead atoms. The van der Waals surface area contributed by atoms with Crippen molar-refractivity contribution in [2.24, 2.45) is 0 Å². The molecule has 8 heteroatoms. The molecule has 42 heavy (non-hydrogen) atoms. The summed E-state index contributed by atoms with van der Waals surface area (Å²) in [4.78, 5) is 46.3. The lowest BCUT2D eigenvalue weighted by atomic mass is 10.0. The van der Waals surface area contributed by atoms with Gasteiger partial charge in [0.25, 0.3) is 11.8 Å². The fourth-order valence-electron chi connectivity index (χ4n) is 5.26. The molecule has 4 rings (SSSR count). The van der Waals surface area contributed by atoms with Crippen LogP contribution in [0.1, 0.15) is 57.5 Å². The highest BCUT2D eigenvalue weighted by Gasteiger charge is 2.31. The molecule has 222 valence electrons. The van der Waals surface area contributed by atoms with E-state index in [0.29, 0.717) is 61.0 Å². The number of ether oxygens (including phenoxy) is 1. The number of aryl methyl sites for hydroxylation is 1. The zero-order valence-electron chi connectivity index (χ0n) is 24.7. The van der Waals surface area contributed by atoms with Crippen molar-refractivity contribution in [2.45, 2.75) is 45.1 Å². The molecule has 1 aliphatic rings. The van der Waals surface area contributed by atoms with Gasteiger partial charge in [-0.05, 0) is 68.0 Å². The van der Waals surface area contributed by atoms with Gasteiger partial charge in [-0.1, -0.05) is 60.1 Å². The van der Waals surface area contributed by atoms with Crippen molar-refractivity contribution >= 4 is 29.3 Å². The second-order valence-electron chi connectivity index (χ2n) is 10.9. The summed E-state index contributed by atoms with van der Waals surface area (Å²) in [6.07, 6.45) is 3.33. The van der Waals surface area contributed by atoms with E-state index in [4.69, 9.17) is 16.3 Å². The fourth-order valence-corrected chi connectivity index (χ4v) is 5.43. The minimum atomic E-state index is -0.716. The summed E-state index contributed by atoms with van der Waals surface area (Å²) in [5.74, 6) is -0.0231. The van der Waals surface area contributed by atoms with Crippen molar-refractivity contribution < 1.29 is 19.1 Å². The van der Waals surface area contributed by atoms with Crippen LogP contribution in [-0.2, 0) is 11.2 Å². The molecule has 0 aliphatic carbocycles. The minimum absolute atomic E-state index is 0.0199. The van der Waals surface area contributed by atoms with E-state index in [1.807, 2.05) is 66.4 Å². The summed E-state index contributed by atoms with van der Waals surface area (Å²) >= 11 is 6.31. The van der Waals surface area contributed by atoms with Crippen LogP contribution in [0.2, 0.25) is 5.02 Å². The molecule has 0 N–H and O–H groups in total. The standard InChI is InChI=1S/C34H40ClN3O4/c1-25-13-7-8-16-28(25)33(40)38-20-10-9-19-36(2)34(41)30(23-26-14-5-4-6-15-26)37(3)32(39)29-24-27(35)17-18-31(29)42-22-12-11-21-38/h4-8,13-18,24,30H,9-12,19-23H2,1-3H3/t30-/m0/s1. The third kappa shape index (κ3) is 7.91. The molecular formula is C34H40ClN3O4. The Balaban J connectivity index is 1.61. The maximum absolute atomic E-state index is 13.8. The lowest BCUT2D eigenvalue weighted by Gasteiger charge is -2.31. The molecule has 0 saturated carbocycles. The number of hydrogen-bond donors (Lipinski definition) is 0. The highest BCUT2D eigenvalue weighted by molar-refractivity contribution is 6.31. The molecule has 1 aliphatic heterocycles. The Bertz CT molecular complexity index is 1380. The number of rotatable bonds is 3.